The van der Waals surface area contributed by atoms with Crippen LogP contribution in [0.5, 0.6) is 5.75 Å². The Labute approximate surface area is 136 Å². The van der Waals surface area contributed by atoms with Crippen molar-refractivity contribution < 1.29 is 9.53 Å². The molecule has 0 radical (unpaired) electrons. The predicted molar refractivity (Wildman–Crippen MR) is 93.3 cm³/mol. The molecule has 0 bridgehead atoms. The van der Waals surface area contributed by atoms with Crippen LogP contribution in [0.3, 0.4) is 0 Å². The van der Waals surface area contributed by atoms with Gasteiger partial charge in [-0.1, -0.05) is 77.3 Å². The highest BCUT2D eigenvalue weighted by molar-refractivity contribution is 5.72. The molecule has 0 saturated carbocycles. The molecule has 1 aromatic rings. The van der Waals surface area contributed by atoms with Gasteiger partial charge in [0.1, 0.15) is 5.75 Å². The van der Waals surface area contributed by atoms with Gasteiger partial charge >= 0.3 is 5.97 Å². The van der Waals surface area contributed by atoms with Gasteiger partial charge < -0.3 is 4.74 Å². The summed E-state index contributed by atoms with van der Waals surface area (Å²) < 4.78 is 5.35. The Kier molecular flexibility index (Phi) is 10.4. The molecule has 2 nitrogen and oxygen atoms in total. The van der Waals surface area contributed by atoms with Crippen molar-refractivity contribution in [3.8, 4) is 5.75 Å². The predicted octanol–water partition coefficient (Wildman–Crippen LogP) is 6.08. The van der Waals surface area contributed by atoms with Crippen molar-refractivity contribution in [1.82, 2.24) is 0 Å². The summed E-state index contributed by atoms with van der Waals surface area (Å²) in [5, 5.41) is 0. The second kappa shape index (κ2) is 12.3. The molecule has 1 rings (SSSR count). The zero-order valence-corrected chi connectivity index (χ0v) is 14.4. The van der Waals surface area contributed by atoms with E-state index in [4.69, 9.17) is 4.74 Å². The van der Waals surface area contributed by atoms with Crippen LogP contribution in [0.1, 0.15) is 83.6 Å². The Morgan fingerprint density at radius 3 is 1.91 bits per heavy atom. The van der Waals surface area contributed by atoms with Crippen LogP contribution in [-0.4, -0.2) is 5.97 Å². The minimum atomic E-state index is -0.104. The normalized spacial score (nSPS) is 10.6. The van der Waals surface area contributed by atoms with Gasteiger partial charge in [-0.05, 0) is 30.5 Å². The molecule has 0 amide bonds. The Bertz CT molecular complexity index is 395. The monoisotopic (exact) mass is 304 g/mol. The Balaban J connectivity index is 2.01. The summed E-state index contributed by atoms with van der Waals surface area (Å²) in [5.41, 5.74) is 1.26. The third-order valence-electron chi connectivity index (χ3n) is 4.05. The molecule has 22 heavy (non-hydrogen) atoms. The number of unbranched alkanes of at least 4 members (excludes halogenated alkanes) is 8. The van der Waals surface area contributed by atoms with E-state index in [1.807, 2.05) is 24.3 Å². The maximum absolute atomic E-state index is 11.8. The highest BCUT2D eigenvalue weighted by atomic mass is 16.5. The van der Waals surface area contributed by atoms with Gasteiger partial charge in [0.2, 0.25) is 0 Å². The van der Waals surface area contributed by atoms with Crippen LogP contribution >= 0.6 is 0 Å². The molecule has 124 valence electrons. The lowest BCUT2D eigenvalue weighted by Gasteiger charge is -2.05. The lowest BCUT2D eigenvalue weighted by Crippen LogP contribution is -2.07. The van der Waals surface area contributed by atoms with Crippen molar-refractivity contribution in [2.24, 2.45) is 0 Å². The van der Waals surface area contributed by atoms with Gasteiger partial charge in [0.05, 0.1) is 0 Å². The van der Waals surface area contributed by atoms with E-state index in [0.29, 0.717) is 12.2 Å². The van der Waals surface area contributed by atoms with Crippen LogP contribution in [-0.2, 0) is 11.2 Å². The third kappa shape index (κ3) is 8.86. The standard InChI is InChI=1S/C20H32O2/c1-3-5-6-7-8-9-10-11-12-13-20(21)22-19-16-14-18(4-2)15-17-19/h14-17H,3-13H2,1-2H3. The molecular formula is C20H32O2. The Hall–Kier alpha value is -1.31. The van der Waals surface area contributed by atoms with Crippen LogP contribution in [0.4, 0.5) is 0 Å². The average molecular weight is 304 g/mol. The highest BCUT2D eigenvalue weighted by Gasteiger charge is 2.04. The molecule has 0 atom stereocenters. The van der Waals surface area contributed by atoms with E-state index in [1.54, 1.807) is 0 Å². The van der Waals surface area contributed by atoms with Gasteiger partial charge in [-0.15, -0.1) is 0 Å². The maximum atomic E-state index is 11.8. The largest absolute Gasteiger partial charge is 0.427 e. The van der Waals surface area contributed by atoms with E-state index in [9.17, 15) is 4.79 Å². The fourth-order valence-electron chi connectivity index (χ4n) is 2.56. The Morgan fingerprint density at radius 1 is 0.818 bits per heavy atom. The van der Waals surface area contributed by atoms with E-state index >= 15 is 0 Å². The molecule has 0 unspecified atom stereocenters. The molecule has 0 fully saturated rings. The summed E-state index contributed by atoms with van der Waals surface area (Å²) in [6.07, 6.45) is 12.9. The van der Waals surface area contributed by atoms with Crippen LogP contribution < -0.4 is 4.74 Å². The van der Waals surface area contributed by atoms with Gasteiger partial charge in [-0.3, -0.25) is 4.79 Å². The van der Waals surface area contributed by atoms with Crippen molar-refractivity contribution in [3.63, 3.8) is 0 Å². The Morgan fingerprint density at radius 2 is 1.36 bits per heavy atom. The van der Waals surface area contributed by atoms with Crippen molar-refractivity contribution in [2.45, 2.75) is 84.5 Å². The molecule has 0 aromatic heterocycles. The van der Waals surface area contributed by atoms with Crippen molar-refractivity contribution in [1.29, 1.82) is 0 Å². The van der Waals surface area contributed by atoms with Crippen LogP contribution in [0.25, 0.3) is 0 Å². The molecule has 0 saturated heterocycles. The molecule has 0 aliphatic heterocycles. The van der Waals surface area contributed by atoms with Crippen molar-refractivity contribution >= 4 is 5.97 Å². The maximum Gasteiger partial charge on any atom is 0.311 e. The number of ether oxygens (including phenoxy) is 1. The van der Waals surface area contributed by atoms with Gasteiger partial charge in [-0.2, -0.15) is 0 Å². The third-order valence-corrected chi connectivity index (χ3v) is 4.05. The molecule has 0 aliphatic rings. The number of aryl methyl sites for hydroxylation is 1. The zero-order valence-electron chi connectivity index (χ0n) is 14.4. The smallest absolute Gasteiger partial charge is 0.311 e. The first kappa shape index (κ1) is 18.7. The van der Waals surface area contributed by atoms with Crippen molar-refractivity contribution in [3.05, 3.63) is 29.8 Å². The number of carbonyl (C=O) groups is 1. The molecular weight excluding hydrogens is 272 g/mol. The number of hydrogen-bond acceptors (Lipinski definition) is 2. The number of rotatable bonds is 12. The zero-order chi connectivity index (χ0) is 16.0. The second-order valence-corrected chi connectivity index (χ2v) is 6.05. The topological polar surface area (TPSA) is 26.3 Å². The van der Waals surface area contributed by atoms with Crippen LogP contribution in [0, 0.1) is 0 Å². The van der Waals surface area contributed by atoms with E-state index < -0.39 is 0 Å². The summed E-state index contributed by atoms with van der Waals surface area (Å²) in [6.45, 7) is 4.36. The van der Waals surface area contributed by atoms with Gasteiger partial charge in [0.25, 0.3) is 0 Å². The van der Waals surface area contributed by atoms with E-state index in [2.05, 4.69) is 13.8 Å². The van der Waals surface area contributed by atoms with Gasteiger partial charge in [-0.25, -0.2) is 0 Å². The van der Waals surface area contributed by atoms with Crippen LogP contribution in [0.15, 0.2) is 24.3 Å². The van der Waals surface area contributed by atoms with Crippen LogP contribution in [0.2, 0.25) is 0 Å². The molecule has 0 heterocycles. The summed E-state index contributed by atoms with van der Waals surface area (Å²) >= 11 is 0. The minimum absolute atomic E-state index is 0.104. The lowest BCUT2D eigenvalue weighted by molar-refractivity contribution is -0.134. The number of esters is 1. The van der Waals surface area contributed by atoms with Gasteiger partial charge in [0, 0.05) is 6.42 Å². The van der Waals surface area contributed by atoms with E-state index in [0.717, 1.165) is 19.3 Å². The molecule has 0 aliphatic carbocycles. The number of carbonyl (C=O) groups excluding carboxylic acids is 1. The second-order valence-electron chi connectivity index (χ2n) is 6.05. The first-order chi connectivity index (χ1) is 10.8. The lowest BCUT2D eigenvalue weighted by atomic mass is 10.1. The minimum Gasteiger partial charge on any atom is -0.427 e. The summed E-state index contributed by atoms with van der Waals surface area (Å²) in [6, 6.07) is 7.79. The molecule has 0 spiro atoms. The summed E-state index contributed by atoms with van der Waals surface area (Å²) in [7, 11) is 0. The highest BCUT2D eigenvalue weighted by Crippen LogP contribution is 2.15. The van der Waals surface area contributed by atoms with Crippen molar-refractivity contribution in [2.75, 3.05) is 0 Å². The van der Waals surface area contributed by atoms with E-state index in [-0.39, 0.29) is 5.97 Å². The quantitative estimate of drug-likeness (QED) is 0.266. The van der Waals surface area contributed by atoms with Gasteiger partial charge in [0.15, 0.2) is 0 Å². The van der Waals surface area contributed by atoms with E-state index in [1.165, 1.54) is 50.5 Å². The number of benzene rings is 1. The number of hydrogen-bond donors (Lipinski definition) is 0. The first-order valence-corrected chi connectivity index (χ1v) is 9.06. The average Bonchev–Trinajstić information content (AvgIpc) is 2.54. The fraction of sp³-hybridized carbons (Fsp3) is 0.650. The SMILES string of the molecule is CCCCCCCCCCCC(=O)Oc1ccc(CC)cc1. The molecule has 1 aromatic carbocycles. The first-order valence-electron chi connectivity index (χ1n) is 9.06. The summed E-state index contributed by atoms with van der Waals surface area (Å²) in [4.78, 5) is 11.8. The fourth-order valence-corrected chi connectivity index (χ4v) is 2.56. The molecule has 2 heteroatoms. The molecule has 0 N–H and O–H groups in total. The summed E-state index contributed by atoms with van der Waals surface area (Å²) in [5.74, 6) is 0.560.